The van der Waals surface area contributed by atoms with E-state index in [-0.39, 0.29) is 18.1 Å². The predicted octanol–water partition coefficient (Wildman–Crippen LogP) is 2.95. The number of nitrogens with zero attached hydrogens (tertiary/aromatic N) is 1. The van der Waals surface area contributed by atoms with E-state index in [1.54, 1.807) is 0 Å². The summed E-state index contributed by atoms with van der Waals surface area (Å²) in [6.45, 7) is 4.35. The summed E-state index contributed by atoms with van der Waals surface area (Å²) in [5.74, 6) is 0.972. The highest BCUT2D eigenvalue weighted by Crippen LogP contribution is 2.32. The van der Waals surface area contributed by atoms with Crippen molar-refractivity contribution < 1.29 is 4.79 Å². The zero-order valence-electron chi connectivity index (χ0n) is 13.1. The molecule has 3 unspecified atom stereocenters. The standard InChI is InChI=1S/C18H26N2O/c1-13(16-10-6-7-11-16)20-14(2)19-17(18(20)21)12-15-8-4-3-5-9-15/h3-5,8-9,13-14,16-17,19H,6-7,10-12H2,1-2H3. The third-order valence-corrected chi connectivity index (χ3v) is 5.22. The molecule has 3 nitrogen and oxygen atoms in total. The van der Waals surface area contributed by atoms with Crippen LogP contribution in [0.15, 0.2) is 30.3 Å². The second kappa shape index (κ2) is 6.18. The molecule has 21 heavy (non-hydrogen) atoms. The second-order valence-electron chi connectivity index (χ2n) is 6.62. The van der Waals surface area contributed by atoms with Crippen LogP contribution < -0.4 is 5.32 Å². The maximum atomic E-state index is 12.8. The number of nitrogens with one attached hydrogen (secondary N) is 1. The lowest BCUT2D eigenvalue weighted by Gasteiger charge is -2.32. The molecular formula is C18H26N2O. The summed E-state index contributed by atoms with van der Waals surface area (Å²) in [7, 11) is 0. The van der Waals surface area contributed by atoms with E-state index in [9.17, 15) is 4.79 Å². The number of benzene rings is 1. The third-order valence-electron chi connectivity index (χ3n) is 5.22. The molecule has 3 atom stereocenters. The van der Waals surface area contributed by atoms with Gasteiger partial charge in [-0.15, -0.1) is 0 Å². The molecule has 0 aromatic heterocycles. The monoisotopic (exact) mass is 286 g/mol. The lowest BCUT2D eigenvalue weighted by atomic mass is 9.97. The SMILES string of the molecule is CC1NC(Cc2ccccc2)C(=O)N1C(C)C1CCCC1. The fourth-order valence-corrected chi connectivity index (χ4v) is 4.03. The van der Waals surface area contributed by atoms with Gasteiger partial charge in [-0.05, 0) is 44.6 Å². The predicted molar refractivity (Wildman–Crippen MR) is 84.8 cm³/mol. The molecule has 1 saturated carbocycles. The summed E-state index contributed by atoms with van der Waals surface area (Å²) >= 11 is 0. The Morgan fingerprint density at radius 2 is 1.90 bits per heavy atom. The fraction of sp³-hybridized carbons (Fsp3) is 0.611. The molecule has 1 aromatic carbocycles. The van der Waals surface area contributed by atoms with Gasteiger partial charge in [0, 0.05) is 6.04 Å². The molecule has 0 radical (unpaired) electrons. The van der Waals surface area contributed by atoms with E-state index in [2.05, 4.69) is 36.2 Å². The summed E-state index contributed by atoms with van der Waals surface area (Å²) in [5.41, 5.74) is 1.23. The quantitative estimate of drug-likeness (QED) is 0.923. The van der Waals surface area contributed by atoms with Gasteiger partial charge in [0.15, 0.2) is 0 Å². The molecule has 1 N–H and O–H groups in total. The van der Waals surface area contributed by atoms with Crippen LogP contribution in [0.5, 0.6) is 0 Å². The van der Waals surface area contributed by atoms with Crippen molar-refractivity contribution in [3.8, 4) is 0 Å². The van der Waals surface area contributed by atoms with Gasteiger partial charge in [-0.25, -0.2) is 0 Å². The minimum atomic E-state index is -0.0637. The molecule has 0 spiro atoms. The number of hydrogen-bond donors (Lipinski definition) is 1. The Bertz CT molecular complexity index is 481. The molecule has 1 aromatic rings. The third kappa shape index (κ3) is 2.98. The summed E-state index contributed by atoms with van der Waals surface area (Å²) < 4.78 is 0. The van der Waals surface area contributed by atoms with Gasteiger partial charge < -0.3 is 4.90 Å². The van der Waals surface area contributed by atoms with Crippen LogP contribution in [-0.2, 0) is 11.2 Å². The largest absolute Gasteiger partial charge is 0.323 e. The molecule has 1 saturated heterocycles. The summed E-state index contributed by atoms with van der Waals surface area (Å²) in [5, 5.41) is 3.48. The maximum Gasteiger partial charge on any atom is 0.241 e. The Labute approximate surface area is 127 Å². The average molecular weight is 286 g/mol. The highest BCUT2D eigenvalue weighted by molar-refractivity contribution is 5.85. The Balaban J connectivity index is 1.68. The van der Waals surface area contributed by atoms with Gasteiger partial charge in [0.05, 0.1) is 12.2 Å². The van der Waals surface area contributed by atoms with Crippen LogP contribution in [0.3, 0.4) is 0 Å². The van der Waals surface area contributed by atoms with Crippen molar-refractivity contribution in [3.63, 3.8) is 0 Å². The normalized spacial score (nSPS) is 28.3. The topological polar surface area (TPSA) is 32.3 Å². The van der Waals surface area contributed by atoms with Crippen molar-refractivity contribution in [3.05, 3.63) is 35.9 Å². The maximum absolute atomic E-state index is 12.8. The second-order valence-corrected chi connectivity index (χ2v) is 6.62. The van der Waals surface area contributed by atoms with Gasteiger partial charge >= 0.3 is 0 Å². The van der Waals surface area contributed by atoms with Gasteiger partial charge in [0.2, 0.25) is 5.91 Å². The van der Waals surface area contributed by atoms with Crippen molar-refractivity contribution in [2.75, 3.05) is 0 Å². The van der Waals surface area contributed by atoms with E-state index >= 15 is 0 Å². The number of hydrogen-bond acceptors (Lipinski definition) is 2. The molecule has 1 aliphatic heterocycles. The number of amides is 1. The zero-order valence-corrected chi connectivity index (χ0v) is 13.1. The number of rotatable bonds is 4. The molecule has 3 heteroatoms. The van der Waals surface area contributed by atoms with E-state index in [0.717, 1.165) is 6.42 Å². The summed E-state index contributed by atoms with van der Waals surface area (Å²) in [6.07, 6.45) is 6.15. The van der Waals surface area contributed by atoms with Crippen LogP contribution in [0, 0.1) is 5.92 Å². The van der Waals surface area contributed by atoms with E-state index < -0.39 is 0 Å². The highest BCUT2D eigenvalue weighted by atomic mass is 16.2. The Hall–Kier alpha value is -1.35. The van der Waals surface area contributed by atoms with Gasteiger partial charge in [-0.2, -0.15) is 0 Å². The zero-order chi connectivity index (χ0) is 14.8. The molecule has 2 fully saturated rings. The van der Waals surface area contributed by atoms with Crippen molar-refractivity contribution in [1.29, 1.82) is 0 Å². The average Bonchev–Trinajstić information content (AvgIpc) is 3.09. The molecule has 114 valence electrons. The first-order chi connectivity index (χ1) is 10.2. The van der Waals surface area contributed by atoms with Crippen LogP contribution in [0.25, 0.3) is 0 Å². The summed E-state index contributed by atoms with van der Waals surface area (Å²) in [4.78, 5) is 14.9. The Kier molecular flexibility index (Phi) is 4.29. The van der Waals surface area contributed by atoms with Gasteiger partial charge in [-0.3, -0.25) is 10.1 Å². The van der Waals surface area contributed by atoms with E-state index in [4.69, 9.17) is 0 Å². The van der Waals surface area contributed by atoms with Crippen molar-refractivity contribution in [2.24, 2.45) is 5.92 Å². The minimum Gasteiger partial charge on any atom is -0.323 e. The first-order valence-corrected chi connectivity index (χ1v) is 8.29. The van der Waals surface area contributed by atoms with Crippen molar-refractivity contribution >= 4 is 5.91 Å². The van der Waals surface area contributed by atoms with Gasteiger partial charge in [0.25, 0.3) is 0 Å². The highest BCUT2D eigenvalue weighted by Gasteiger charge is 2.41. The number of carbonyl (C=O) groups excluding carboxylic acids is 1. The van der Waals surface area contributed by atoms with Crippen LogP contribution >= 0.6 is 0 Å². The Morgan fingerprint density at radius 1 is 1.24 bits per heavy atom. The van der Waals surface area contributed by atoms with E-state index in [1.165, 1.54) is 31.2 Å². The molecule has 3 rings (SSSR count). The first kappa shape index (κ1) is 14.6. The van der Waals surface area contributed by atoms with Crippen LogP contribution in [0.1, 0.15) is 45.1 Å². The molecule has 1 aliphatic carbocycles. The molecular weight excluding hydrogens is 260 g/mol. The van der Waals surface area contributed by atoms with Crippen molar-refractivity contribution in [1.82, 2.24) is 10.2 Å². The number of carbonyl (C=O) groups is 1. The Morgan fingerprint density at radius 3 is 2.57 bits per heavy atom. The van der Waals surface area contributed by atoms with Gasteiger partial charge in [0.1, 0.15) is 0 Å². The molecule has 1 amide bonds. The lowest BCUT2D eigenvalue weighted by molar-refractivity contribution is -0.132. The van der Waals surface area contributed by atoms with E-state index in [1.807, 2.05) is 18.2 Å². The lowest BCUT2D eigenvalue weighted by Crippen LogP contribution is -2.44. The van der Waals surface area contributed by atoms with Gasteiger partial charge in [-0.1, -0.05) is 43.2 Å². The van der Waals surface area contributed by atoms with Crippen LogP contribution in [0.4, 0.5) is 0 Å². The molecule has 2 aliphatic rings. The van der Waals surface area contributed by atoms with Crippen LogP contribution in [-0.4, -0.2) is 29.1 Å². The first-order valence-electron chi connectivity index (χ1n) is 8.29. The summed E-state index contributed by atoms with van der Waals surface area (Å²) in [6, 6.07) is 10.6. The smallest absolute Gasteiger partial charge is 0.241 e. The molecule has 1 heterocycles. The molecule has 0 bridgehead atoms. The van der Waals surface area contributed by atoms with E-state index in [0.29, 0.717) is 12.0 Å². The van der Waals surface area contributed by atoms with Crippen LogP contribution in [0.2, 0.25) is 0 Å². The van der Waals surface area contributed by atoms with Crippen molar-refractivity contribution in [2.45, 2.75) is 64.2 Å². The minimum absolute atomic E-state index is 0.0637. The fourth-order valence-electron chi connectivity index (χ4n) is 4.03.